The molecule has 10 N–H and O–H groups in total. The van der Waals surface area contributed by atoms with Gasteiger partial charge >= 0.3 is 0 Å². The number of ether oxygens (including phenoxy) is 6. The van der Waals surface area contributed by atoms with E-state index < -0.39 is 35.6 Å². The van der Waals surface area contributed by atoms with Gasteiger partial charge in [0, 0.05) is 131 Å². The number of aromatic nitrogens is 6. The van der Waals surface area contributed by atoms with Gasteiger partial charge in [-0.15, -0.1) is 11.3 Å². The molecule has 5 aromatic heterocycles. The molecule has 0 bridgehead atoms. The molecular formula is C73H96ClN19O14S. The number of thiophene rings is 1. The highest BCUT2D eigenvalue weighted by Crippen LogP contribution is 2.40. The molecule has 8 rings (SSSR count). The van der Waals surface area contributed by atoms with Gasteiger partial charge in [-0.2, -0.15) is 0 Å². The standard InChI is InChI=1S/C73H96ClN19O14S/c1-47-48(2)108-73-64(47)65(50-11-13-51(74)14-12-50)85-56(66(76)93(73)49(3)75)43-63(97)82-52-15-17-55(18-16-52)107-40-39-106-38-37-105-36-35-104-34-33-103-32-31-102-30-21-61(95)78-23-10-28-88(4)27-9-22-77-60(94)19-24-80-69(98)58-42-54(45-91(58)7)84-72(101)68-87-59(46-92(68)8)86-62(96)20-25-81-70(99)57-41-53(44-90(57)6)83-71(100)67-79-26-29-89(67)5/h11-18,26,29,41-42,44-46,56,75-76H,9-10,19-25,27-28,30-40,43H2,1-8H3,(H,77,94)(H,78,95)(H,80,98)(H,81,99)(H,82,97)(H,83,100)(H,84,101)(H,86,96)/t56-/m0/s1. The van der Waals surface area contributed by atoms with E-state index in [1.54, 1.807) is 104 Å². The van der Waals surface area contributed by atoms with Crippen molar-refractivity contribution in [3.8, 4) is 5.75 Å². The Bertz CT molecular complexity index is 4280. The minimum atomic E-state index is -0.858. The van der Waals surface area contributed by atoms with Gasteiger partial charge < -0.3 is 94.1 Å². The number of aliphatic imine (C=N–C) groups is 1. The van der Waals surface area contributed by atoms with Crippen LogP contribution in [0.3, 0.4) is 0 Å². The summed E-state index contributed by atoms with van der Waals surface area (Å²) in [5.74, 6) is -1.97. The summed E-state index contributed by atoms with van der Waals surface area (Å²) in [7, 11) is 8.52. The lowest BCUT2D eigenvalue weighted by molar-refractivity contribution is -0.122. The molecule has 2 aromatic carbocycles. The van der Waals surface area contributed by atoms with Crippen molar-refractivity contribution in [2.24, 2.45) is 33.2 Å². The van der Waals surface area contributed by atoms with Crippen LogP contribution in [0.2, 0.25) is 5.02 Å². The molecule has 1 aliphatic rings. The molecule has 580 valence electrons. The number of benzene rings is 2. The second-order valence-electron chi connectivity index (χ2n) is 25.3. The predicted molar refractivity (Wildman–Crippen MR) is 411 cm³/mol. The molecule has 0 aliphatic carbocycles. The molecular weight excluding hydrogens is 1430 g/mol. The molecule has 0 fully saturated rings. The maximum Gasteiger partial charge on any atom is 0.291 e. The summed E-state index contributed by atoms with van der Waals surface area (Å²) >= 11 is 7.72. The second-order valence-corrected chi connectivity index (χ2v) is 26.9. The van der Waals surface area contributed by atoms with E-state index in [9.17, 15) is 38.4 Å². The zero-order valence-electron chi connectivity index (χ0n) is 62.0. The van der Waals surface area contributed by atoms with Crippen LogP contribution in [0.5, 0.6) is 5.75 Å². The number of halogens is 1. The van der Waals surface area contributed by atoms with E-state index in [4.69, 9.17) is 55.8 Å². The average Bonchev–Trinajstić information content (AvgIpc) is 1.60. The summed E-state index contributed by atoms with van der Waals surface area (Å²) < 4.78 is 39.8. The lowest BCUT2D eigenvalue weighted by atomic mass is 9.99. The molecule has 1 aliphatic heterocycles. The Morgan fingerprint density at radius 2 is 1.10 bits per heavy atom. The maximum absolute atomic E-state index is 13.5. The van der Waals surface area contributed by atoms with Crippen LogP contribution in [0, 0.1) is 24.7 Å². The lowest BCUT2D eigenvalue weighted by Crippen LogP contribution is -2.41. The normalized spacial score (nSPS) is 12.6. The Labute approximate surface area is 635 Å². The van der Waals surface area contributed by atoms with E-state index in [1.165, 1.54) is 45.0 Å². The van der Waals surface area contributed by atoms with E-state index in [1.807, 2.05) is 33.0 Å². The van der Waals surface area contributed by atoms with Crippen molar-refractivity contribution in [3.05, 3.63) is 141 Å². The summed E-state index contributed by atoms with van der Waals surface area (Å²) in [6.07, 6.45) is 9.26. The number of amidine groups is 2. The average molecular weight is 1530 g/mol. The van der Waals surface area contributed by atoms with Gasteiger partial charge in [0.15, 0.2) is 11.6 Å². The van der Waals surface area contributed by atoms with Gasteiger partial charge in [0.2, 0.25) is 29.5 Å². The largest absolute Gasteiger partial charge is 0.491 e. The third-order valence-corrected chi connectivity index (χ3v) is 18.2. The molecule has 0 saturated carbocycles. The maximum atomic E-state index is 13.5. The SMILES string of the molecule is CC(=N)N1C(=N)[C@H](CC(=O)Nc2ccc(OCCOCCOCCOCCOCCOCCC(=O)NCCCN(C)CCCNC(=O)CCNC(=O)c3cc(NC(=O)c4nc(NC(=O)CCNC(=O)c5cc(NC(=O)c6nccn6C)cn5C)cn4C)cn3C)cc2)N=C(c2ccc(Cl)cc2)c2c1sc(C)c2C. The Kier molecular flexibility index (Phi) is 32.5. The number of carbonyl (C=O) groups is 8. The number of rotatable bonds is 44. The Morgan fingerprint density at radius 3 is 1.65 bits per heavy atom. The van der Waals surface area contributed by atoms with Crippen LogP contribution in [-0.4, -0.2) is 223 Å². The first-order chi connectivity index (χ1) is 51.9. The third-order valence-electron chi connectivity index (χ3n) is 16.8. The van der Waals surface area contributed by atoms with Crippen molar-refractivity contribution in [1.29, 1.82) is 10.8 Å². The molecule has 0 unspecified atom stereocenters. The first-order valence-electron chi connectivity index (χ1n) is 35.3. The Hall–Kier alpha value is -10.5. The fourth-order valence-corrected chi connectivity index (χ4v) is 12.4. The summed E-state index contributed by atoms with van der Waals surface area (Å²) in [4.78, 5) is 121. The number of carbonyl (C=O) groups excluding carboxylic acids is 8. The van der Waals surface area contributed by atoms with E-state index in [2.05, 4.69) is 57.4 Å². The fraction of sp³-hybridized carbons (Fsp3) is 0.438. The second kappa shape index (κ2) is 42.2. The van der Waals surface area contributed by atoms with Gasteiger partial charge in [-0.25, -0.2) is 9.97 Å². The number of nitrogens with one attached hydrogen (secondary N) is 10. The number of hydrogen-bond acceptors (Lipinski definition) is 21. The lowest BCUT2D eigenvalue weighted by Gasteiger charge is -2.24. The molecule has 8 amide bonds. The third kappa shape index (κ3) is 25.6. The molecule has 0 saturated heterocycles. The van der Waals surface area contributed by atoms with Crippen LogP contribution >= 0.6 is 22.9 Å². The number of aryl methyl sites for hydroxylation is 5. The topological polar surface area (TPSA) is 400 Å². The van der Waals surface area contributed by atoms with Gasteiger partial charge in [-0.1, -0.05) is 23.7 Å². The van der Waals surface area contributed by atoms with Gasteiger partial charge in [0.25, 0.3) is 23.6 Å². The van der Waals surface area contributed by atoms with Crippen molar-refractivity contribution >= 4 is 115 Å². The zero-order valence-corrected chi connectivity index (χ0v) is 63.6. The molecule has 108 heavy (non-hydrogen) atoms. The quantitative estimate of drug-likeness (QED) is 0.0118. The van der Waals surface area contributed by atoms with Crippen molar-refractivity contribution in [1.82, 2.24) is 54.4 Å². The van der Waals surface area contributed by atoms with Crippen LogP contribution < -0.4 is 52.2 Å². The molecule has 0 spiro atoms. The highest BCUT2D eigenvalue weighted by molar-refractivity contribution is 7.17. The van der Waals surface area contributed by atoms with Gasteiger partial charge in [-0.3, -0.25) is 59.1 Å². The zero-order chi connectivity index (χ0) is 77.7. The van der Waals surface area contributed by atoms with E-state index >= 15 is 0 Å². The molecule has 0 radical (unpaired) electrons. The van der Waals surface area contributed by atoms with Crippen molar-refractivity contribution in [3.63, 3.8) is 0 Å². The Morgan fingerprint density at radius 1 is 0.574 bits per heavy atom. The fourth-order valence-electron chi connectivity index (χ4n) is 11.1. The molecule has 7 aromatic rings. The number of fused-ring (bicyclic) bond motifs is 1. The molecule has 6 heterocycles. The van der Waals surface area contributed by atoms with Gasteiger partial charge in [0.1, 0.15) is 46.5 Å². The summed E-state index contributed by atoms with van der Waals surface area (Å²) in [6, 6.07) is 16.4. The Balaban J connectivity index is 0.561. The number of amides is 8. The van der Waals surface area contributed by atoms with Crippen molar-refractivity contribution < 1.29 is 66.8 Å². The molecule has 35 heteroatoms. The predicted octanol–water partition coefficient (Wildman–Crippen LogP) is 6.07. The minimum Gasteiger partial charge on any atom is -0.491 e. The number of hydrogen-bond donors (Lipinski definition) is 10. The van der Waals surface area contributed by atoms with Crippen LogP contribution in [0.15, 0.2) is 96.6 Å². The van der Waals surface area contributed by atoms with Crippen molar-refractivity contribution in [2.45, 2.75) is 65.3 Å². The number of imidazole rings is 2. The number of nitrogens with zero attached hydrogens (tertiary/aromatic N) is 9. The summed E-state index contributed by atoms with van der Waals surface area (Å²) in [5, 5.41) is 41.2. The minimum absolute atomic E-state index is 0.0125. The first kappa shape index (κ1) is 83.2. The highest BCUT2D eigenvalue weighted by atomic mass is 35.5. The first-order valence-corrected chi connectivity index (χ1v) is 36.5. The van der Waals surface area contributed by atoms with Crippen LogP contribution in [0.1, 0.15) is 109 Å². The van der Waals surface area contributed by atoms with Crippen molar-refractivity contribution in [2.75, 3.05) is 145 Å². The van der Waals surface area contributed by atoms with E-state index in [0.29, 0.717) is 119 Å². The van der Waals surface area contributed by atoms with E-state index in [0.717, 1.165) is 46.1 Å². The number of anilines is 5. The molecule has 1 atom stereocenters. The van der Waals surface area contributed by atoms with Gasteiger partial charge in [0.05, 0.1) is 89.6 Å². The summed E-state index contributed by atoms with van der Waals surface area (Å²) in [5.41, 5.74) is 5.05. The summed E-state index contributed by atoms with van der Waals surface area (Å²) in [6.45, 7) is 12.1. The monoisotopic (exact) mass is 1530 g/mol. The smallest absolute Gasteiger partial charge is 0.291 e. The highest BCUT2D eigenvalue weighted by Gasteiger charge is 2.35. The van der Waals surface area contributed by atoms with Crippen LogP contribution in [-0.2, 0) is 71.1 Å². The van der Waals surface area contributed by atoms with Crippen LogP contribution in [0.25, 0.3) is 0 Å². The van der Waals surface area contributed by atoms with E-state index in [-0.39, 0.29) is 104 Å². The van der Waals surface area contributed by atoms with Crippen LogP contribution in [0.4, 0.5) is 27.9 Å². The molecule has 33 nitrogen and oxygen atoms in total. The van der Waals surface area contributed by atoms with Gasteiger partial charge in [-0.05, 0) is 108 Å².